The highest BCUT2D eigenvalue weighted by Gasteiger charge is 2.35. The topological polar surface area (TPSA) is 291 Å². The molecule has 0 aliphatic heterocycles. The van der Waals surface area contributed by atoms with Crippen LogP contribution in [0, 0.1) is 6.92 Å². The van der Waals surface area contributed by atoms with Crippen molar-refractivity contribution in [3.63, 3.8) is 0 Å². The quantitative estimate of drug-likeness (QED) is 0.0477. The highest BCUT2D eigenvalue weighted by Crippen LogP contribution is 2.45. The monoisotopic (exact) mass is 1570 g/mol. The summed E-state index contributed by atoms with van der Waals surface area (Å²) in [6, 6.07) is 63.0. The summed E-state index contributed by atoms with van der Waals surface area (Å²) in [5, 5.41) is 0.520. The second-order valence-corrected chi connectivity index (χ2v) is 31.3. The molecule has 7 aromatic heterocycles. The fraction of sp³-hybridized carbons (Fsp3) is 0.337. The van der Waals surface area contributed by atoms with Crippen molar-refractivity contribution in [2.24, 2.45) is 7.05 Å². The molecule has 4 saturated carbocycles. The Morgan fingerprint density at radius 3 is 1.13 bits per heavy atom. The summed E-state index contributed by atoms with van der Waals surface area (Å²) in [6.45, 7) is 1.94. The molecule has 19 nitrogen and oxygen atoms in total. The minimum Gasteiger partial charge on any atom is -0.311 e. The summed E-state index contributed by atoms with van der Waals surface area (Å²) in [4.78, 5) is 130. The number of benzene rings is 5. The lowest BCUT2D eigenvalue weighted by Gasteiger charge is -2.30. The molecule has 0 saturated heterocycles. The van der Waals surface area contributed by atoms with E-state index in [4.69, 9.17) is 11.6 Å². The van der Waals surface area contributed by atoms with Gasteiger partial charge in [-0.3, -0.25) is 48.7 Å². The van der Waals surface area contributed by atoms with Crippen LogP contribution < -0.4 is 45.0 Å². The lowest BCUT2D eigenvalue weighted by atomic mass is 9.76. The van der Waals surface area contributed by atoms with E-state index in [1.54, 1.807) is 31.6 Å². The second-order valence-electron chi connectivity index (χ2n) is 30.9. The molecule has 0 atom stereocenters. The zero-order valence-electron chi connectivity index (χ0n) is 64.5. The summed E-state index contributed by atoms with van der Waals surface area (Å²) < 4.78 is 40.2. The van der Waals surface area contributed by atoms with Crippen molar-refractivity contribution in [1.82, 2.24) is 54.4 Å². The van der Waals surface area contributed by atoms with Crippen LogP contribution in [0.15, 0.2) is 245 Å². The van der Waals surface area contributed by atoms with Gasteiger partial charge in [0.05, 0.1) is 10.7 Å². The van der Waals surface area contributed by atoms with E-state index in [1.165, 1.54) is 39.0 Å². The highest BCUT2D eigenvalue weighted by molar-refractivity contribution is 6.31. The van der Waals surface area contributed by atoms with Crippen LogP contribution in [0.1, 0.15) is 251 Å². The lowest BCUT2D eigenvalue weighted by Crippen LogP contribution is -2.37. The Bertz CT molecular complexity index is 5760. The molecule has 5 aromatic carbocycles. The fourth-order valence-electron chi connectivity index (χ4n) is 17.5. The van der Waals surface area contributed by atoms with Crippen LogP contribution in [0.4, 0.5) is 13.2 Å². The lowest BCUT2D eigenvalue weighted by molar-refractivity contribution is -0.141. The maximum absolute atomic E-state index is 13.0. The third-order valence-electron chi connectivity index (χ3n) is 23.5. The van der Waals surface area contributed by atoms with Gasteiger partial charge in [-0.1, -0.05) is 169 Å². The standard InChI is InChI=1S/C24H26N2O2.C23H22F3N3O2.C23H25N3O2.C22H22ClN3O2/c1-26-23(27)21(16-17-8-4-2-5-9-17)22(25-24(26)28)20-14-12-19(13-15-20)18-10-6-3-7-11-18;24-23(25,26)19-8-4-7-17(27-19)13-18-20(28-22(31)29-21(18)30)16-11-9-15(10-12-16)14-5-2-1-3-6-14;1-15-13-16(11-12-24-15)14-20-21(25-23(28)26-22(20)27)19-9-7-18(8-10-19)17-5-3-2-4-6-17;23-18-7-4-12-24-19(18)13-17-20(25-22(28)26-21(17)27)16-10-8-15(9-11-16)14-5-2-1-3-6-14/h2-11,19-20H,12-16H2,1H3,(H,25,28);1-8,15-16H,9-13H2,(H2,28,29,30,31);2-6,11-13,18-19H,7-10,14H2,1H3,(H2,25,26,27,28);1-7,12,15-16H,8-11,13H2,(H2,25,26,27,28). The molecular formula is C92H95ClF3N11O8. The van der Waals surface area contributed by atoms with Gasteiger partial charge < -0.3 is 19.9 Å². The van der Waals surface area contributed by atoms with E-state index in [9.17, 15) is 51.5 Å². The molecule has 4 fully saturated rings. The molecule has 115 heavy (non-hydrogen) atoms. The van der Waals surface area contributed by atoms with Gasteiger partial charge in [0.25, 0.3) is 22.2 Å². The number of H-pyrrole nitrogens is 7. The summed E-state index contributed by atoms with van der Waals surface area (Å²) in [5.41, 5.74) is 10.2. The van der Waals surface area contributed by atoms with Gasteiger partial charge in [0, 0.05) is 102 Å². The van der Waals surface area contributed by atoms with E-state index in [1.807, 2.05) is 79.7 Å². The molecule has 4 aliphatic carbocycles. The second kappa shape index (κ2) is 38.0. The number of alkyl halides is 3. The van der Waals surface area contributed by atoms with Crippen molar-refractivity contribution < 1.29 is 13.2 Å². The Labute approximate surface area is 667 Å². The predicted molar refractivity (Wildman–Crippen MR) is 442 cm³/mol. The fourth-order valence-corrected chi connectivity index (χ4v) is 17.7. The van der Waals surface area contributed by atoms with Crippen molar-refractivity contribution >= 4 is 11.6 Å². The maximum Gasteiger partial charge on any atom is 0.433 e. The molecule has 0 amide bonds. The first-order valence-electron chi connectivity index (χ1n) is 39.8. The smallest absolute Gasteiger partial charge is 0.311 e. The Morgan fingerprint density at radius 2 is 0.739 bits per heavy atom. The minimum atomic E-state index is -4.56. The normalized spacial score (nSPS) is 19.4. The van der Waals surface area contributed by atoms with Crippen molar-refractivity contribution in [2.45, 2.75) is 189 Å². The Kier molecular flexibility index (Phi) is 26.9. The van der Waals surface area contributed by atoms with E-state index in [0.29, 0.717) is 70.5 Å². The molecule has 7 heterocycles. The number of aromatic amines is 7. The summed E-state index contributed by atoms with van der Waals surface area (Å²) >= 11 is 6.24. The van der Waals surface area contributed by atoms with Gasteiger partial charge in [0.2, 0.25) is 0 Å². The van der Waals surface area contributed by atoms with Gasteiger partial charge in [-0.25, -0.2) is 24.2 Å². The molecule has 16 rings (SSSR count). The number of aryl methyl sites for hydroxylation is 1. The number of aromatic nitrogens is 11. The average molecular weight is 1580 g/mol. The first-order valence-corrected chi connectivity index (χ1v) is 40.2. The van der Waals surface area contributed by atoms with Crippen LogP contribution >= 0.6 is 11.6 Å². The first-order chi connectivity index (χ1) is 55.7. The molecule has 594 valence electrons. The molecule has 23 heteroatoms. The number of rotatable bonds is 16. The van der Waals surface area contributed by atoms with Gasteiger partial charge in [0.15, 0.2) is 0 Å². The van der Waals surface area contributed by atoms with Crippen LogP contribution in [0.25, 0.3) is 0 Å². The molecule has 0 bridgehead atoms. The van der Waals surface area contributed by atoms with E-state index in [-0.39, 0.29) is 63.7 Å². The zero-order chi connectivity index (χ0) is 80.5. The molecule has 0 radical (unpaired) electrons. The third kappa shape index (κ3) is 21.0. The van der Waals surface area contributed by atoms with E-state index in [0.717, 1.165) is 148 Å². The molecule has 0 unspecified atom stereocenters. The van der Waals surface area contributed by atoms with Crippen molar-refractivity contribution in [2.75, 3.05) is 0 Å². The van der Waals surface area contributed by atoms with Crippen LogP contribution in [0.2, 0.25) is 5.02 Å². The molecule has 7 N–H and O–H groups in total. The third-order valence-corrected chi connectivity index (χ3v) is 23.8. The van der Waals surface area contributed by atoms with Crippen LogP contribution in [0.3, 0.4) is 0 Å². The van der Waals surface area contributed by atoms with E-state index in [2.05, 4.69) is 141 Å². The number of nitrogens with one attached hydrogen (secondary N) is 7. The van der Waals surface area contributed by atoms with Crippen molar-refractivity contribution in [3.05, 3.63) is 396 Å². The van der Waals surface area contributed by atoms with E-state index < -0.39 is 34.5 Å². The molecule has 0 spiro atoms. The van der Waals surface area contributed by atoms with Crippen LogP contribution in [0.5, 0.6) is 0 Å². The molecule has 12 aromatic rings. The molecule has 4 aliphatic rings. The Balaban J connectivity index is 0.000000134. The van der Waals surface area contributed by atoms with E-state index >= 15 is 0 Å². The largest absolute Gasteiger partial charge is 0.433 e. The van der Waals surface area contributed by atoms with Crippen LogP contribution in [-0.4, -0.2) is 54.4 Å². The number of halogens is 4. The highest BCUT2D eigenvalue weighted by atomic mass is 35.5. The van der Waals surface area contributed by atoms with Gasteiger partial charge in [-0.05, 0) is 227 Å². The minimum absolute atomic E-state index is 0.0317. The van der Waals surface area contributed by atoms with Gasteiger partial charge in [0.1, 0.15) is 5.69 Å². The predicted octanol–water partition coefficient (Wildman–Crippen LogP) is 16.6. The van der Waals surface area contributed by atoms with Crippen LogP contribution in [-0.2, 0) is 38.9 Å². The zero-order valence-corrected chi connectivity index (χ0v) is 65.2. The Morgan fingerprint density at radius 1 is 0.374 bits per heavy atom. The SMILES string of the molecule is Cc1cc(Cc2c(C3CCC(c4ccccc4)CC3)[nH]c(=O)[nH]c2=O)ccn1.Cn1c(=O)[nH]c(C2CCC(c3ccccc3)CC2)c(Cc2ccccc2)c1=O.O=c1[nH]c(C2CCC(c3ccccc3)CC2)c(Cc2cccc(C(F)(F)F)n2)c(=O)[nH]1.O=c1[nH]c(C2CCC(c3ccccc3)CC2)c(Cc2ncccc2Cl)c(=O)[nH]1. The average Bonchev–Trinajstić information content (AvgIpc) is 0.794. The maximum atomic E-state index is 13.0. The summed E-state index contributed by atoms with van der Waals surface area (Å²) in [5.74, 6) is 2.64. The number of hydrogen-bond donors (Lipinski definition) is 7. The Hall–Kier alpha value is -11.7. The number of pyridine rings is 3. The summed E-state index contributed by atoms with van der Waals surface area (Å²) in [7, 11) is 1.55. The number of nitrogens with zero attached hydrogens (tertiary/aromatic N) is 4. The molecular weight excluding hydrogens is 1480 g/mol. The van der Waals surface area contributed by atoms with Crippen molar-refractivity contribution in [1.29, 1.82) is 0 Å². The van der Waals surface area contributed by atoms with Gasteiger partial charge >= 0.3 is 28.9 Å². The first kappa shape index (κ1) is 81.4. The summed E-state index contributed by atoms with van der Waals surface area (Å²) in [6.07, 6.45) is 15.7. The van der Waals surface area contributed by atoms with Crippen molar-refractivity contribution in [3.8, 4) is 0 Å². The number of hydrogen-bond acceptors (Lipinski definition) is 11. The van der Waals surface area contributed by atoms with Gasteiger partial charge in [-0.15, -0.1) is 0 Å². The van der Waals surface area contributed by atoms with Gasteiger partial charge in [-0.2, -0.15) is 13.2 Å².